The van der Waals surface area contributed by atoms with E-state index in [9.17, 15) is 9.59 Å². The largest absolute Gasteiger partial charge is 0.493 e. The molecule has 152 valence electrons. The number of hydrogen-bond donors (Lipinski definition) is 1. The molecule has 1 N–H and O–H groups in total. The van der Waals surface area contributed by atoms with Crippen molar-refractivity contribution in [1.82, 2.24) is 4.90 Å². The highest BCUT2D eigenvalue weighted by Gasteiger charge is 2.39. The molecule has 29 heavy (non-hydrogen) atoms. The molecule has 0 atom stereocenters. The summed E-state index contributed by atoms with van der Waals surface area (Å²) in [5.41, 5.74) is 4.13. The van der Waals surface area contributed by atoms with Gasteiger partial charge in [0.15, 0.2) is 11.5 Å². The molecule has 2 aromatic rings. The van der Waals surface area contributed by atoms with Gasteiger partial charge in [-0.25, -0.2) is 0 Å². The fourth-order valence-corrected chi connectivity index (χ4v) is 3.52. The van der Waals surface area contributed by atoms with Crippen LogP contribution >= 0.6 is 0 Å². The van der Waals surface area contributed by atoms with E-state index in [0.717, 1.165) is 16.7 Å². The van der Waals surface area contributed by atoms with E-state index in [4.69, 9.17) is 9.47 Å². The van der Waals surface area contributed by atoms with E-state index in [1.165, 1.54) is 4.90 Å². The average Bonchev–Trinajstić information content (AvgIpc) is 2.93. The van der Waals surface area contributed by atoms with Gasteiger partial charge < -0.3 is 14.8 Å². The molecule has 6 nitrogen and oxygen atoms in total. The highest BCUT2D eigenvalue weighted by Crippen LogP contribution is 2.35. The number of benzene rings is 2. The second-order valence-corrected chi connectivity index (χ2v) is 7.03. The molecule has 2 aromatic carbocycles. The van der Waals surface area contributed by atoms with Crippen LogP contribution in [0, 0.1) is 13.8 Å². The molecular formula is C23H26N2O4. The minimum absolute atomic E-state index is 0.272. The molecule has 2 amide bonds. The first-order valence-corrected chi connectivity index (χ1v) is 9.58. The summed E-state index contributed by atoms with van der Waals surface area (Å²) in [6, 6.07) is 11.1. The Morgan fingerprint density at radius 2 is 1.66 bits per heavy atom. The lowest BCUT2D eigenvalue weighted by Gasteiger charge is -2.14. The number of carbonyl (C=O) groups excluding carboxylic acids is 2. The number of imide groups is 1. The van der Waals surface area contributed by atoms with Crippen molar-refractivity contribution >= 4 is 23.1 Å². The van der Waals surface area contributed by atoms with Gasteiger partial charge >= 0.3 is 0 Å². The number of anilines is 1. The molecule has 0 saturated heterocycles. The lowest BCUT2D eigenvalue weighted by Crippen LogP contribution is -2.33. The summed E-state index contributed by atoms with van der Waals surface area (Å²) in [4.78, 5) is 27.5. The maximum atomic E-state index is 13.1. The van der Waals surface area contributed by atoms with Crippen LogP contribution in [0.4, 0.5) is 5.69 Å². The van der Waals surface area contributed by atoms with E-state index in [1.54, 1.807) is 32.4 Å². The third-order valence-electron chi connectivity index (χ3n) is 4.92. The minimum Gasteiger partial charge on any atom is -0.493 e. The van der Waals surface area contributed by atoms with Crippen molar-refractivity contribution in [3.63, 3.8) is 0 Å². The van der Waals surface area contributed by atoms with E-state index >= 15 is 0 Å². The van der Waals surface area contributed by atoms with Crippen LogP contribution in [-0.2, 0) is 9.59 Å². The van der Waals surface area contributed by atoms with Gasteiger partial charge in [0.25, 0.3) is 11.8 Å². The van der Waals surface area contributed by atoms with E-state index in [-0.39, 0.29) is 17.5 Å². The summed E-state index contributed by atoms with van der Waals surface area (Å²) in [7, 11) is 3.11. The predicted octanol–water partition coefficient (Wildman–Crippen LogP) is 3.92. The monoisotopic (exact) mass is 394 g/mol. The van der Waals surface area contributed by atoms with Crippen molar-refractivity contribution in [2.24, 2.45) is 0 Å². The zero-order valence-electron chi connectivity index (χ0n) is 17.5. The molecule has 0 spiro atoms. The maximum Gasteiger partial charge on any atom is 0.278 e. The Balaban J connectivity index is 2.10. The Kier molecular flexibility index (Phi) is 5.92. The third kappa shape index (κ3) is 3.83. The van der Waals surface area contributed by atoms with Gasteiger partial charge in [-0.3, -0.25) is 14.5 Å². The molecule has 0 bridgehead atoms. The van der Waals surface area contributed by atoms with Crippen molar-refractivity contribution in [3.05, 3.63) is 58.8 Å². The molecule has 0 fully saturated rings. The van der Waals surface area contributed by atoms with Crippen LogP contribution in [0.3, 0.4) is 0 Å². The SMILES string of the molecule is CCCN1C(=O)C(Nc2ccc(OC)c(OC)c2)=C(c2ccc(C)cc2C)C1=O. The van der Waals surface area contributed by atoms with E-state index < -0.39 is 0 Å². The maximum absolute atomic E-state index is 13.1. The van der Waals surface area contributed by atoms with Crippen LogP contribution in [0.15, 0.2) is 42.1 Å². The Morgan fingerprint density at radius 3 is 2.28 bits per heavy atom. The molecule has 1 heterocycles. The summed E-state index contributed by atoms with van der Waals surface area (Å²) < 4.78 is 10.6. The molecule has 1 aliphatic heterocycles. The highest BCUT2D eigenvalue weighted by molar-refractivity contribution is 6.36. The van der Waals surface area contributed by atoms with Crippen molar-refractivity contribution in [2.75, 3.05) is 26.1 Å². The van der Waals surface area contributed by atoms with Gasteiger partial charge in [-0.2, -0.15) is 0 Å². The molecular weight excluding hydrogens is 368 g/mol. The van der Waals surface area contributed by atoms with E-state index in [0.29, 0.717) is 35.7 Å². The smallest absolute Gasteiger partial charge is 0.278 e. The summed E-state index contributed by atoms with van der Waals surface area (Å²) in [5.74, 6) is 0.532. The zero-order chi connectivity index (χ0) is 21.1. The fourth-order valence-electron chi connectivity index (χ4n) is 3.52. The minimum atomic E-state index is -0.318. The number of aryl methyl sites for hydroxylation is 2. The normalized spacial score (nSPS) is 13.9. The summed E-state index contributed by atoms with van der Waals surface area (Å²) in [6.45, 7) is 6.27. The number of nitrogens with zero attached hydrogens (tertiary/aromatic N) is 1. The number of methoxy groups -OCH3 is 2. The number of amides is 2. The summed E-state index contributed by atoms with van der Waals surface area (Å²) in [6.07, 6.45) is 0.696. The third-order valence-corrected chi connectivity index (χ3v) is 4.92. The Labute approximate surface area is 171 Å². The van der Waals surface area contributed by atoms with Gasteiger partial charge in [-0.05, 0) is 43.5 Å². The first-order chi connectivity index (χ1) is 13.9. The van der Waals surface area contributed by atoms with Crippen molar-refractivity contribution in [2.45, 2.75) is 27.2 Å². The number of ether oxygens (including phenoxy) is 2. The molecule has 0 aromatic heterocycles. The Bertz CT molecular complexity index is 994. The van der Waals surface area contributed by atoms with Crippen LogP contribution in [0.2, 0.25) is 0 Å². The molecule has 1 aliphatic rings. The topological polar surface area (TPSA) is 67.9 Å². The average molecular weight is 394 g/mol. The van der Waals surface area contributed by atoms with Gasteiger partial charge in [0.2, 0.25) is 0 Å². The van der Waals surface area contributed by atoms with Crippen LogP contribution in [0.5, 0.6) is 11.5 Å². The van der Waals surface area contributed by atoms with Gasteiger partial charge in [0.05, 0.1) is 19.8 Å². The molecule has 0 radical (unpaired) electrons. The zero-order valence-corrected chi connectivity index (χ0v) is 17.5. The number of rotatable bonds is 7. The highest BCUT2D eigenvalue weighted by atomic mass is 16.5. The molecule has 0 aliphatic carbocycles. The summed E-state index contributed by atoms with van der Waals surface area (Å²) >= 11 is 0. The molecule has 6 heteroatoms. The Morgan fingerprint density at radius 1 is 0.931 bits per heavy atom. The second-order valence-electron chi connectivity index (χ2n) is 7.03. The van der Waals surface area contributed by atoms with Gasteiger partial charge in [0, 0.05) is 18.3 Å². The van der Waals surface area contributed by atoms with Gasteiger partial charge in [-0.15, -0.1) is 0 Å². The molecule has 3 rings (SSSR count). The second kappa shape index (κ2) is 8.39. The molecule has 0 unspecified atom stereocenters. The quantitative estimate of drug-likeness (QED) is 0.721. The number of hydrogen-bond acceptors (Lipinski definition) is 5. The standard InChI is InChI=1S/C23H26N2O4/c1-6-11-25-22(26)20(17-9-7-14(2)12-15(17)3)21(23(25)27)24-16-8-10-18(28-4)19(13-16)29-5/h7-10,12-13,24H,6,11H2,1-5H3. The van der Waals surface area contributed by atoms with Crippen molar-refractivity contribution in [3.8, 4) is 11.5 Å². The van der Waals surface area contributed by atoms with Crippen molar-refractivity contribution < 1.29 is 19.1 Å². The first-order valence-electron chi connectivity index (χ1n) is 9.58. The summed E-state index contributed by atoms with van der Waals surface area (Å²) in [5, 5.41) is 3.16. The van der Waals surface area contributed by atoms with Gasteiger partial charge in [-0.1, -0.05) is 30.7 Å². The first kappa shape index (κ1) is 20.5. The van der Waals surface area contributed by atoms with Gasteiger partial charge in [0.1, 0.15) is 5.70 Å². The van der Waals surface area contributed by atoms with Crippen molar-refractivity contribution in [1.29, 1.82) is 0 Å². The lowest BCUT2D eigenvalue weighted by molar-refractivity contribution is -0.136. The van der Waals surface area contributed by atoms with E-state index in [1.807, 2.05) is 39.0 Å². The lowest BCUT2D eigenvalue weighted by atomic mass is 9.97. The van der Waals surface area contributed by atoms with Crippen LogP contribution in [0.1, 0.15) is 30.0 Å². The predicted molar refractivity (Wildman–Crippen MR) is 113 cm³/mol. The Hall–Kier alpha value is -3.28. The van der Waals surface area contributed by atoms with Crippen LogP contribution in [-0.4, -0.2) is 37.5 Å². The van der Waals surface area contributed by atoms with Crippen LogP contribution < -0.4 is 14.8 Å². The molecule has 0 saturated carbocycles. The fraction of sp³-hybridized carbons (Fsp3) is 0.304. The number of nitrogens with one attached hydrogen (secondary N) is 1. The number of carbonyl (C=O) groups is 2. The van der Waals surface area contributed by atoms with E-state index in [2.05, 4.69) is 5.32 Å². The van der Waals surface area contributed by atoms with Crippen LogP contribution in [0.25, 0.3) is 5.57 Å².